The number of ether oxygens (including phenoxy) is 1. The van der Waals surface area contributed by atoms with Crippen molar-refractivity contribution in [2.24, 2.45) is 5.92 Å². The van der Waals surface area contributed by atoms with Crippen LogP contribution in [0, 0.1) is 5.92 Å². The highest BCUT2D eigenvalue weighted by Crippen LogP contribution is 2.31. The van der Waals surface area contributed by atoms with Gasteiger partial charge in [-0.25, -0.2) is 0 Å². The summed E-state index contributed by atoms with van der Waals surface area (Å²) in [6.45, 7) is 4.27. The maximum absolute atomic E-state index is 12.6. The Bertz CT molecular complexity index is 598. The molecule has 2 amide bonds. The Hall–Kier alpha value is -2.24. The second-order valence-corrected chi connectivity index (χ2v) is 6.53. The van der Waals surface area contributed by atoms with E-state index in [0.717, 1.165) is 25.8 Å². The van der Waals surface area contributed by atoms with E-state index in [1.165, 1.54) is 12.1 Å². The molecule has 1 heterocycles. The number of nitrogens with zero attached hydrogens (tertiary/aromatic N) is 2. The molecule has 1 N–H and O–H groups in total. The third-order valence-corrected chi connectivity index (χ3v) is 4.54. The van der Waals surface area contributed by atoms with Gasteiger partial charge in [0, 0.05) is 32.1 Å². The highest BCUT2D eigenvalue weighted by atomic mass is 16.5. The lowest BCUT2D eigenvalue weighted by molar-refractivity contribution is -0.138. The molecule has 0 spiro atoms. The van der Waals surface area contributed by atoms with Gasteiger partial charge in [-0.1, -0.05) is 0 Å². The Kier molecular flexibility index (Phi) is 4.92. The van der Waals surface area contributed by atoms with E-state index in [1.54, 1.807) is 24.0 Å². The smallest absolute Gasteiger partial charge is 0.263 e. The van der Waals surface area contributed by atoms with Crippen LogP contribution in [-0.2, 0) is 9.59 Å². The van der Waals surface area contributed by atoms with Crippen LogP contribution < -0.4 is 4.74 Å². The average molecular weight is 332 g/mol. The van der Waals surface area contributed by atoms with Crippen molar-refractivity contribution in [2.75, 3.05) is 26.2 Å². The van der Waals surface area contributed by atoms with Crippen LogP contribution in [0.1, 0.15) is 26.2 Å². The number of hydrogen-bond acceptors (Lipinski definition) is 4. The number of hydrogen-bond donors (Lipinski definition) is 1. The van der Waals surface area contributed by atoms with Crippen molar-refractivity contribution >= 4 is 11.8 Å². The summed E-state index contributed by atoms with van der Waals surface area (Å²) >= 11 is 0. The monoisotopic (exact) mass is 332 g/mol. The normalized spacial score (nSPS) is 19.5. The van der Waals surface area contributed by atoms with Gasteiger partial charge in [-0.05, 0) is 50.5 Å². The minimum atomic E-state index is -0.597. The van der Waals surface area contributed by atoms with E-state index >= 15 is 0 Å². The Balaban J connectivity index is 1.54. The van der Waals surface area contributed by atoms with Crippen molar-refractivity contribution in [3.63, 3.8) is 0 Å². The molecule has 1 aromatic carbocycles. The highest BCUT2D eigenvalue weighted by molar-refractivity contribution is 5.82. The predicted octanol–water partition coefficient (Wildman–Crippen LogP) is 1.63. The average Bonchev–Trinajstić information content (AvgIpc) is 3.42. The second kappa shape index (κ2) is 7.11. The van der Waals surface area contributed by atoms with Crippen molar-refractivity contribution in [1.29, 1.82) is 0 Å². The third-order valence-electron chi connectivity index (χ3n) is 4.54. The largest absolute Gasteiger partial charge is 0.508 e. The number of aromatic hydroxyl groups is 1. The van der Waals surface area contributed by atoms with Crippen LogP contribution in [0.4, 0.5) is 0 Å². The van der Waals surface area contributed by atoms with E-state index in [2.05, 4.69) is 0 Å². The first kappa shape index (κ1) is 16.6. The molecule has 1 aromatic rings. The summed E-state index contributed by atoms with van der Waals surface area (Å²) in [5, 5.41) is 9.29. The van der Waals surface area contributed by atoms with E-state index in [-0.39, 0.29) is 23.5 Å². The summed E-state index contributed by atoms with van der Waals surface area (Å²) in [6.07, 6.45) is 2.22. The van der Waals surface area contributed by atoms with Gasteiger partial charge >= 0.3 is 0 Å². The van der Waals surface area contributed by atoms with Crippen LogP contribution >= 0.6 is 0 Å². The molecule has 1 saturated carbocycles. The predicted molar refractivity (Wildman–Crippen MR) is 88.7 cm³/mol. The number of phenols is 1. The highest BCUT2D eigenvalue weighted by Gasteiger charge is 2.34. The van der Waals surface area contributed by atoms with E-state index < -0.39 is 6.10 Å². The van der Waals surface area contributed by atoms with E-state index in [1.807, 2.05) is 4.90 Å². The standard InChI is InChI=1S/C18H24N2O4/c1-13(24-16-7-5-15(21)6-8-16)17(22)19-9-2-10-20(12-11-19)18(23)14-3-4-14/h5-8,13-14,21H,2-4,9-12H2,1H3. The second-order valence-electron chi connectivity index (χ2n) is 6.53. The first-order chi connectivity index (χ1) is 11.5. The zero-order valence-electron chi connectivity index (χ0n) is 14.0. The Morgan fingerprint density at radius 2 is 1.71 bits per heavy atom. The minimum absolute atomic E-state index is 0.0659. The number of amides is 2. The number of carbonyl (C=O) groups excluding carboxylic acids is 2. The molecular weight excluding hydrogens is 308 g/mol. The lowest BCUT2D eigenvalue weighted by Gasteiger charge is -2.25. The quantitative estimate of drug-likeness (QED) is 0.910. The Morgan fingerprint density at radius 3 is 2.38 bits per heavy atom. The summed E-state index contributed by atoms with van der Waals surface area (Å²) in [5.74, 6) is 1.12. The van der Waals surface area contributed by atoms with Crippen molar-refractivity contribution in [2.45, 2.75) is 32.3 Å². The summed E-state index contributed by atoms with van der Waals surface area (Å²) in [4.78, 5) is 28.4. The Labute approximate surface area is 142 Å². The van der Waals surface area contributed by atoms with E-state index in [9.17, 15) is 14.7 Å². The van der Waals surface area contributed by atoms with Crippen LogP contribution in [0.2, 0.25) is 0 Å². The zero-order chi connectivity index (χ0) is 17.1. The minimum Gasteiger partial charge on any atom is -0.508 e. The third kappa shape index (κ3) is 3.99. The molecule has 1 aliphatic heterocycles. The molecule has 6 nitrogen and oxygen atoms in total. The molecule has 2 aliphatic rings. The van der Waals surface area contributed by atoms with Crippen LogP contribution in [0.15, 0.2) is 24.3 Å². The molecule has 3 rings (SSSR count). The summed E-state index contributed by atoms with van der Waals surface area (Å²) in [5.41, 5.74) is 0. The number of carbonyl (C=O) groups is 2. The molecule has 1 saturated heterocycles. The maximum atomic E-state index is 12.6. The van der Waals surface area contributed by atoms with E-state index in [4.69, 9.17) is 4.74 Å². The molecule has 1 aliphatic carbocycles. The Morgan fingerprint density at radius 1 is 1.08 bits per heavy atom. The van der Waals surface area contributed by atoms with Crippen LogP contribution in [-0.4, -0.2) is 59.0 Å². The van der Waals surface area contributed by atoms with Crippen molar-refractivity contribution in [3.05, 3.63) is 24.3 Å². The van der Waals surface area contributed by atoms with Crippen LogP contribution in [0.3, 0.4) is 0 Å². The molecule has 2 fully saturated rings. The first-order valence-electron chi connectivity index (χ1n) is 8.58. The van der Waals surface area contributed by atoms with Crippen LogP contribution in [0.25, 0.3) is 0 Å². The molecular formula is C18H24N2O4. The molecule has 130 valence electrons. The SMILES string of the molecule is CC(Oc1ccc(O)cc1)C(=O)N1CCCN(C(=O)C2CC2)CC1. The van der Waals surface area contributed by atoms with Gasteiger partial charge in [-0.2, -0.15) is 0 Å². The number of phenolic OH excluding ortho intramolecular Hbond substituents is 1. The maximum Gasteiger partial charge on any atom is 0.263 e. The fourth-order valence-electron chi connectivity index (χ4n) is 2.98. The number of benzene rings is 1. The van der Waals surface area contributed by atoms with Crippen molar-refractivity contribution in [1.82, 2.24) is 9.80 Å². The number of rotatable bonds is 4. The van der Waals surface area contributed by atoms with Crippen molar-refractivity contribution < 1.29 is 19.4 Å². The molecule has 0 aromatic heterocycles. The molecule has 0 bridgehead atoms. The fraction of sp³-hybridized carbons (Fsp3) is 0.556. The first-order valence-corrected chi connectivity index (χ1v) is 8.58. The van der Waals surface area contributed by atoms with E-state index in [0.29, 0.717) is 25.4 Å². The molecule has 6 heteroatoms. The van der Waals surface area contributed by atoms with Crippen molar-refractivity contribution in [3.8, 4) is 11.5 Å². The molecule has 0 radical (unpaired) electrons. The lowest BCUT2D eigenvalue weighted by atomic mass is 10.3. The fourth-order valence-corrected chi connectivity index (χ4v) is 2.98. The van der Waals surface area contributed by atoms with Gasteiger partial charge in [-0.15, -0.1) is 0 Å². The zero-order valence-corrected chi connectivity index (χ0v) is 14.0. The van der Waals surface area contributed by atoms with Gasteiger partial charge in [0.25, 0.3) is 5.91 Å². The van der Waals surface area contributed by atoms with Gasteiger partial charge in [0.15, 0.2) is 6.10 Å². The summed E-state index contributed by atoms with van der Waals surface area (Å²) in [6, 6.07) is 6.33. The summed E-state index contributed by atoms with van der Waals surface area (Å²) in [7, 11) is 0. The topological polar surface area (TPSA) is 70.1 Å². The van der Waals surface area contributed by atoms with Gasteiger partial charge in [-0.3, -0.25) is 9.59 Å². The summed E-state index contributed by atoms with van der Waals surface area (Å²) < 4.78 is 5.66. The molecule has 1 unspecified atom stereocenters. The van der Waals surface area contributed by atoms with Crippen LogP contribution in [0.5, 0.6) is 11.5 Å². The van der Waals surface area contributed by atoms with Gasteiger partial charge in [0.05, 0.1) is 0 Å². The molecule has 1 atom stereocenters. The molecule has 24 heavy (non-hydrogen) atoms. The van der Waals surface area contributed by atoms with Gasteiger partial charge < -0.3 is 19.6 Å². The van der Waals surface area contributed by atoms with Gasteiger partial charge in [0.2, 0.25) is 5.91 Å². The van der Waals surface area contributed by atoms with Gasteiger partial charge in [0.1, 0.15) is 11.5 Å². The lowest BCUT2D eigenvalue weighted by Crippen LogP contribution is -2.43.